The SMILES string of the molecule is NS(=O)(=O)c1cc(Br)cc(Cl)c1OCCF. The first-order valence-corrected chi connectivity index (χ1v) is 6.78. The quantitative estimate of drug-likeness (QED) is 0.918. The highest BCUT2D eigenvalue weighted by molar-refractivity contribution is 9.10. The van der Waals surface area contributed by atoms with Crippen molar-refractivity contribution in [2.75, 3.05) is 13.3 Å². The van der Waals surface area contributed by atoms with Crippen LogP contribution in [0, 0.1) is 0 Å². The maximum absolute atomic E-state index is 12.0. The minimum atomic E-state index is -3.97. The molecule has 90 valence electrons. The van der Waals surface area contributed by atoms with Gasteiger partial charge < -0.3 is 4.74 Å². The van der Waals surface area contributed by atoms with Gasteiger partial charge in [0.25, 0.3) is 0 Å². The van der Waals surface area contributed by atoms with Crippen LogP contribution in [0.15, 0.2) is 21.5 Å². The lowest BCUT2D eigenvalue weighted by atomic mass is 10.3. The first kappa shape index (κ1) is 13.7. The molecule has 0 saturated heterocycles. The smallest absolute Gasteiger partial charge is 0.241 e. The summed E-state index contributed by atoms with van der Waals surface area (Å²) in [6.07, 6.45) is 0. The zero-order valence-electron chi connectivity index (χ0n) is 7.91. The fraction of sp³-hybridized carbons (Fsp3) is 0.250. The Balaban J connectivity index is 3.33. The van der Waals surface area contributed by atoms with E-state index in [1.165, 1.54) is 12.1 Å². The van der Waals surface area contributed by atoms with Gasteiger partial charge in [0.15, 0.2) is 5.75 Å². The summed E-state index contributed by atoms with van der Waals surface area (Å²) in [6, 6.07) is 2.68. The second-order valence-corrected chi connectivity index (χ2v) is 5.65. The van der Waals surface area contributed by atoms with Crippen LogP contribution in [0.3, 0.4) is 0 Å². The van der Waals surface area contributed by atoms with E-state index in [9.17, 15) is 12.8 Å². The lowest BCUT2D eigenvalue weighted by molar-refractivity contribution is 0.267. The van der Waals surface area contributed by atoms with Crippen molar-refractivity contribution >= 4 is 37.6 Å². The molecular formula is C8H8BrClFNO3S. The lowest BCUT2D eigenvalue weighted by Crippen LogP contribution is -2.15. The summed E-state index contributed by atoms with van der Waals surface area (Å²) in [5.41, 5.74) is 0. The summed E-state index contributed by atoms with van der Waals surface area (Å²) in [5.74, 6) is -0.134. The Morgan fingerprint density at radius 1 is 1.50 bits per heavy atom. The maximum atomic E-state index is 12.0. The number of halogens is 3. The molecule has 0 amide bonds. The molecule has 0 fully saturated rings. The molecule has 0 radical (unpaired) electrons. The van der Waals surface area contributed by atoms with E-state index in [1.54, 1.807) is 0 Å². The first-order chi connectivity index (χ1) is 7.36. The molecule has 0 aliphatic rings. The van der Waals surface area contributed by atoms with Crippen molar-refractivity contribution in [2.24, 2.45) is 5.14 Å². The molecule has 0 aromatic heterocycles. The molecule has 0 unspecified atom stereocenters. The third-order valence-electron chi connectivity index (χ3n) is 1.60. The number of sulfonamides is 1. The van der Waals surface area contributed by atoms with Gasteiger partial charge in [-0.15, -0.1) is 0 Å². The standard InChI is InChI=1S/C8H8BrClFNO3S/c9-5-3-6(10)8(15-2-1-11)7(4-5)16(12,13)14/h3-4H,1-2H2,(H2,12,13,14). The van der Waals surface area contributed by atoms with E-state index in [2.05, 4.69) is 15.9 Å². The number of nitrogens with two attached hydrogens (primary N) is 1. The van der Waals surface area contributed by atoms with Crippen molar-refractivity contribution in [1.29, 1.82) is 0 Å². The normalized spacial score (nSPS) is 11.5. The number of hydrogen-bond donors (Lipinski definition) is 1. The summed E-state index contributed by atoms with van der Waals surface area (Å²) in [7, 11) is -3.97. The molecule has 2 N–H and O–H groups in total. The first-order valence-electron chi connectivity index (χ1n) is 4.07. The van der Waals surface area contributed by atoms with Crippen LogP contribution in [0.2, 0.25) is 5.02 Å². The molecule has 4 nitrogen and oxygen atoms in total. The third-order valence-corrected chi connectivity index (χ3v) is 3.26. The van der Waals surface area contributed by atoms with E-state index in [-0.39, 0.29) is 22.3 Å². The van der Waals surface area contributed by atoms with Crippen LogP contribution in [-0.4, -0.2) is 21.7 Å². The summed E-state index contributed by atoms with van der Waals surface area (Å²) >= 11 is 8.85. The highest BCUT2D eigenvalue weighted by atomic mass is 79.9. The van der Waals surface area contributed by atoms with Crippen molar-refractivity contribution in [3.8, 4) is 5.75 Å². The Bertz CT molecular complexity index is 494. The van der Waals surface area contributed by atoms with Crippen molar-refractivity contribution in [3.63, 3.8) is 0 Å². The summed E-state index contributed by atoms with van der Waals surface area (Å²) < 4.78 is 39.8. The van der Waals surface area contributed by atoms with Crippen LogP contribution in [0.5, 0.6) is 5.75 Å². The van der Waals surface area contributed by atoms with Gasteiger partial charge >= 0.3 is 0 Å². The van der Waals surface area contributed by atoms with Gasteiger partial charge in [0.1, 0.15) is 18.2 Å². The molecule has 1 rings (SSSR count). The monoisotopic (exact) mass is 331 g/mol. The van der Waals surface area contributed by atoms with Crippen LogP contribution in [0.4, 0.5) is 4.39 Å². The second-order valence-electron chi connectivity index (χ2n) is 2.80. The van der Waals surface area contributed by atoms with Gasteiger partial charge in [0.2, 0.25) is 10.0 Å². The van der Waals surface area contributed by atoms with Crippen LogP contribution < -0.4 is 9.88 Å². The molecule has 0 spiro atoms. The van der Waals surface area contributed by atoms with Crippen LogP contribution in [0.1, 0.15) is 0 Å². The molecule has 0 saturated carbocycles. The summed E-state index contributed by atoms with van der Waals surface area (Å²) in [4.78, 5) is -0.277. The lowest BCUT2D eigenvalue weighted by Gasteiger charge is -2.11. The number of hydrogen-bond acceptors (Lipinski definition) is 3. The highest BCUT2D eigenvalue weighted by Gasteiger charge is 2.19. The van der Waals surface area contributed by atoms with Crippen molar-refractivity contribution in [2.45, 2.75) is 4.90 Å². The maximum Gasteiger partial charge on any atom is 0.241 e. The fourth-order valence-electron chi connectivity index (χ4n) is 1.03. The Morgan fingerprint density at radius 3 is 2.62 bits per heavy atom. The molecule has 0 bridgehead atoms. The predicted molar refractivity (Wildman–Crippen MR) is 62.0 cm³/mol. The third kappa shape index (κ3) is 3.31. The minimum absolute atomic E-state index is 0.0480. The Kier molecular flexibility index (Phi) is 4.54. The van der Waals surface area contributed by atoms with Crippen molar-refractivity contribution in [3.05, 3.63) is 21.6 Å². The molecule has 1 aromatic rings. The Labute approximate surface area is 106 Å². The Morgan fingerprint density at radius 2 is 2.12 bits per heavy atom. The Hall–Kier alpha value is -0.370. The highest BCUT2D eigenvalue weighted by Crippen LogP contribution is 2.34. The molecule has 0 atom stereocenters. The van der Waals surface area contributed by atoms with Crippen LogP contribution in [-0.2, 0) is 10.0 Å². The van der Waals surface area contributed by atoms with Crippen molar-refractivity contribution < 1.29 is 17.5 Å². The van der Waals surface area contributed by atoms with Gasteiger partial charge in [-0.3, -0.25) is 0 Å². The largest absolute Gasteiger partial charge is 0.488 e. The molecule has 16 heavy (non-hydrogen) atoms. The molecule has 0 heterocycles. The van der Waals surface area contributed by atoms with Gasteiger partial charge in [0, 0.05) is 4.47 Å². The minimum Gasteiger partial charge on any atom is -0.488 e. The summed E-state index contributed by atoms with van der Waals surface area (Å²) in [5, 5.41) is 5.03. The number of primary sulfonamides is 1. The van der Waals surface area contributed by atoms with E-state index in [0.717, 1.165) is 0 Å². The van der Waals surface area contributed by atoms with Gasteiger partial charge in [-0.05, 0) is 12.1 Å². The van der Waals surface area contributed by atoms with Gasteiger partial charge in [-0.1, -0.05) is 27.5 Å². The number of alkyl halides is 1. The molecule has 1 aromatic carbocycles. The topological polar surface area (TPSA) is 69.4 Å². The zero-order chi connectivity index (χ0) is 12.3. The number of benzene rings is 1. The van der Waals surface area contributed by atoms with Gasteiger partial charge in [-0.2, -0.15) is 0 Å². The van der Waals surface area contributed by atoms with E-state index < -0.39 is 16.7 Å². The molecule has 0 aliphatic carbocycles. The van der Waals surface area contributed by atoms with Crippen LogP contribution >= 0.6 is 27.5 Å². The van der Waals surface area contributed by atoms with E-state index in [0.29, 0.717) is 4.47 Å². The van der Waals surface area contributed by atoms with Gasteiger partial charge in [-0.25, -0.2) is 17.9 Å². The number of rotatable bonds is 4. The second kappa shape index (κ2) is 5.31. The average molecular weight is 333 g/mol. The van der Waals surface area contributed by atoms with Crippen molar-refractivity contribution in [1.82, 2.24) is 0 Å². The average Bonchev–Trinajstić information content (AvgIpc) is 2.14. The predicted octanol–water partition coefficient (Wildman–Crippen LogP) is 2.10. The van der Waals surface area contributed by atoms with E-state index >= 15 is 0 Å². The van der Waals surface area contributed by atoms with E-state index in [4.69, 9.17) is 21.5 Å². The summed E-state index contributed by atoms with van der Waals surface area (Å²) in [6.45, 7) is -1.04. The van der Waals surface area contributed by atoms with Crippen LogP contribution in [0.25, 0.3) is 0 Å². The van der Waals surface area contributed by atoms with Gasteiger partial charge in [0.05, 0.1) is 5.02 Å². The van der Waals surface area contributed by atoms with E-state index in [1.807, 2.05) is 0 Å². The fourth-order valence-corrected chi connectivity index (χ4v) is 2.82. The molecule has 0 aliphatic heterocycles. The zero-order valence-corrected chi connectivity index (χ0v) is 11.1. The molecular weight excluding hydrogens is 325 g/mol. The molecule has 8 heteroatoms. The number of ether oxygens (including phenoxy) is 1.